The Morgan fingerprint density at radius 2 is 1.27 bits per heavy atom. The van der Waals surface area contributed by atoms with Crippen molar-refractivity contribution in [2.45, 2.75) is 22.6 Å². The molecule has 0 heterocycles. The minimum Gasteiger partial charge on any atom is -0.497 e. The molecular weight excluding hydrogens is 319 g/mol. The second kappa shape index (κ2) is 5.36. The van der Waals surface area contributed by atoms with Gasteiger partial charge in [0.2, 0.25) is 0 Å². The predicted octanol–water partition coefficient (Wildman–Crippen LogP) is 4.93. The molecule has 2 aromatic carbocycles. The maximum Gasteiger partial charge on any atom is 0.136 e. The lowest BCUT2D eigenvalue weighted by Gasteiger charge is -2.13. The van der Waals surface area contributed by atoms with Crippen LogP contribution in [0, 0.1) is 0 Å². The zero-order valence-electron chi connectivity index (χ0n) is 12.8. The van der Waals surface area contributed by atoms with Gasteiger partial charge in [0.05, 0.1) is 14.2 Å². The van der Waals surface area contributed by atoms with Crippen LogP contribution in [0.4, 0.5) is 0 Å². The van der Waals surface area contributed by atoms with Crippen LogP contribution in [0.2, 0.25) is 0 Å². The molecule has 1 aliphatic rings. The molecule has 22 heavy (non-hydrogen) atoms. The van der Waals surface area contributed by atoms with E-state index in [-0.39, 0.29) is 11.3 Å². The van der Waals surface area contributed by atoms with Gasteiger partial charge in [-0.05, 0) is 35.4 Å². The lowest BCUT2D eigenvalue weighted by atomic mass is 9.92. The van der Waals surface area contributed by atoms with E-state index in [0.717, 1.165) is 22.6 Å². The molecule has 4 heteroatoms. The van der Waals surface area contributed by atoms with Crippen LogP contribution in [0.15, 0.2) is 48.5 Å². The Hall–Kier alpha value is -1.38. The van der Waals surface area contributed by atoms with E-state index >= 15 is 0 Å². The summed E-state index contributed by atoms with van der Waals surface area (Å²) in [6.07, 6.45) is 0. The molecule has 0 N–H and O–H groups in total. The third-order valence-corrected chi connectivity index (χ3v) is 5.91. The van der Waals surface area contributed by atoms with Gasteiger partial charge in [-0.15, -0.1) is 0 Å². The van der Waals surface area contributed by atoms with Crippen LogP contribution in [0.1, 0.15) is 24.0 Å². The number of alkyl halides is 2. The molecule has 0 bridgehead atoms. The molecule has 1 fully saturated rings. The fraction of sp³-hybridized carbons (Fsp3) is 0.333. The molecule has 2 atom stereocenters. The Morgan fingerprint density at radius 1 is 0.818 bits per heavy atom. The quantitative estimate of drug-likeness (QED) is 0.736. The van der Waals surface area contributed by atoms with E-state index in [1.54, 1.807) is 14.2 Å². The summed E-state index contributed by atoms with van der Waals surface area (Å²) in [6.45, 7) is 2.10. The van der Waals surface area contributed by atoms with Crippen molar-refractivity contribution in [2.75, 3.05) is 14.2 Å². The van der Waals surface area contributed by atoms with Gasteiger partial charge in [0.25, 0.3) is 0 Å². The van der Waals surface area contributed by atoms with Crippen molar-refractivity contribution in [3.63, 3.8) is 0 Å². The first-order valence-corrected chi connectivity index (χ1v) is 7.87. The fourth-order valence-electron chi connectivity index (χ4n) is 3.17. The average Bonchev–Trinajstić information content (AvgIpc) is 3.01. The van der Waals surface area contributed by atoms with Crippen molar-refractivity contribution in [3.05, 3.63) is 59.7 Å². The average molecular weight is 337 g/mol. The van der Waals surface area contributed by atoms with Crippen LogP contribution < -0.4 is 9.47 Å². The summed E-state index contributed by atoms with van der Waals surface area (Å²) in [7, 11) is 3.31. The van der Waals surface area contributed by atoms with Crippen molar-refractivity contribution in [2.24, 2.45) is 0 Å². The molecule has 116 valence electrons. The number of hydrogen-bond donors (Lipinski definition) is 0. The Balaban J connectivity index is 1.95. The predicted molar refractivity (Wildman–Crippen MR) is 90.5 cm³/mol. The molecule has 0 radical (unpaired) electrons. The molecule has 1 aliphatic carbocycles. The van der Waals surface area contributed by atoms with Crippen molar-refractivity contribution in [3.8, 4) is 11.5 Å². The zero-order chi connectivity index (χ0) is 16.0. The molecule has 2 nitrogen and oxygen atoms in total. The summed E-state index contributed by atoms with van der Waals surface area (Å²) in [4.78, 5) is 0. The maximum absolute atomic E-state index is 6.63. The van der Waals surface area contributed by atoms with Gasteiger partial charge in [0.15, 0.2) is 0 Å². The van der Waals surface area contributed by atoms with Crippen LogP contribution in [-0.2, 0) is 5.41 Å². The van der Waals surface area contributed by atoms with E-state index in [1.807, 2.05) is 48.5 Å². The Morgan fingerprint density at radius 3 is 1.73 bits per heavy atom. The van der Waals surface area contributed by atoms with Gasteiger partial charge in [-0.2, -0.15) is 0 Å². The molecular formula is C18H18Cl2O2. The van der Waals surface area contributed by atoms with Crippen LogP contribution in [-0.4, -0.2) is 18.6 Å². The number of ether oxygens (including phenoxy) is 2. The molecule has 0 aromatic heterocycles. The van der Waals surface area contributed by atoms with E-state index in [4.69, 9.17) is 32.7 Å². The first-order chi connectivity index (χ1) is 10.4. The lowest BCUT2D eigenvalue weighted by Crippen LogP contribution is -2.09. The first-order valence-electron chi connectivity index (χ1n) is 7.11. The molecule has 2 aromatic rings. The highest BCUT2D eigenvalue weighted by Gasteiger charge is 2.74. The summed E-state index contributed by atoms with van der Waals surface area (Å²) in [5.41, 5.74) is 1.90. The monoisotopic (exact) mass is 336 g/mol. The number of benzene rings is 2. The standard InChI is InChI=1S/C18H18Cl2O2/c1-17(13-6-10-15(22-3)11-7-13)16(18(17,19)20)12-4-8-14(21-2)9-5-12/h4-11,16H,1-3H3. The second-order valence-electron chi connectivity index (χ2n) is 5.76. The highest BCUT2D eigenvalue weighted by molar-refractivity contribution is 6.53. The summed E-state index contributed by atoms with van der Waals surface area (Å²) in [6, 6.07) is 15.9. The second-order valence-corrected chi connectivity index (χ2v) is 7.15. The summed E-state index contributed by atoms with van der Waals surface area (Å²) >= 11 is 13.3. The van der Waals surface area contributed by atoms with Crippen molar-refractivity contribution in [1.29, 1.82) is 0 Å². The Labute approximate surface area is 141 Å². The van der Waals surface area contributed by atoms with Crippen molar-refractivity contribution < 1.29 is 9.47 Å². The Bertz CT molecular complexity index is 664. The van der Waals surface area contributed by atoms with E-state index < -0.39 is 4.33 Å². The topological polar surface area (TPSA) is 18.5 Å². The van der Waals surface area contributed by atoms with Gasteiger partial charge in [-0.25, -0.2) is 0 Å². The van der Waals surface area contributed by atoms with Crippen molar-refractivity contribution >= 4 is 23.2 Å². The minimum absolute atomic E-state index is 0.0441. The summed E-state index contributed by atoms with van der Waals surface area (Å²) in [5.74, 6) is 1.69. The normalized spacial score (nSPS) is 25.6. The van der Waals surface area contributed by atoms with Gasteiger partial charge in [0, 0.05) is 11.3 Å². The number of hydrogen-bond acceptors (Lipinski definition) is 2. The van der Waals surface area contributed by atoms with Gasteiger partial charge in [-0.1, -0.05) is 54.4 Å². The van der Waals surface area contributed by atoms with E-state index in [2.05, 4.69) is 6.92 Å². The van der Waals surface area contributed by atoms with Crippen molar-refractivity contribution in [1.82, 2.24) is 0 Å². The molecule has 1 saturated carbocycles. The third kappa shape index (κ3) is 2.17. The Kier molecular flexibility index (Phi) is 3.78. The van der Waals surface area contributed by atoms with E-state index in [0.29, 0.717) is 0 Å². The third-order valence-electron chi connectivity index (χ3n) is 4.69. The first kappa shape index (κ1) is 15.5. The molecule has 2 unspecified atom stereocenters. The van der Waals surface area contributed by atoms with Crippen LogP contribution in [0.3, 0.4) is 0 Å². The van der Waals surface area contributed by atoms with Gasteiger partial charge in [-0.3, -0.25) is 0 Å². The molecule has 0 saturated heterocycles. The van der Waals surface area contributed by atoms with E-state index in [1.165, 1.54) is 0 Å². The van der Waals surface area contributed by atoms with Gasteiger partial charge < -0.3 is 9.47 Å². The number of methoxy groups -OCH3 is 2. The number of rotatable bonds is 4. The number of halogens is 2. The maximum atomic E-state index is 6.63. The molecule has 0 amide bonds. The van der Waals surface area contributed by atoms with Gasteiger partial charge >= 0.3 is 0 Å². The van der Waals surface area contributed by atoms with Crippen LogP contribution in [0.25, 0.3) is 0 Å². The van der Waals surface area contributed by atoms with Gasteiger partial charge in [0.1, 0.15) is 15.8 Å². The molecule has 0 spiro atoms. The molecule has 0 aliphatic heterocycles. The highest BCUT2D eigenvalue weighted by atomic mass is 35.5. The zero-order valence-corrected chi connectivity index (χ0v) is 14.3. The van der Waals surface area contributed by atoms with Crippen LogP contribution in [0.5, 0.6) is 11.5 Å². The summed E-state index contributed by atoms with van der Waals surface area (Å²) < 4.78 is 9.59. The SMILES string of the molecule is COc1ccc(C2C(Cl)(Cl)C2(C)c2ccc(OC)cc2)cc1. The smallest absolute Gasteiger partial charge is 0.136 e. The van der Waals surface area contributed by atoms with E-state index in [9.17, 15) is 0 Å². The lowest BCUT2D eigenvalue weighted by molar-refractivity contribution is 0.414. The largest absolute Gasteiger partial charge is 0.497 e. The fourth-order valence-corrected chi connectivity index (χ4v) is 4.18. The van der Waals surface area contributed by atoms with Crippen LogP contribution >= 0.6 is 23.2 Å². The summed E-state index contributed by atoms with van der Waals surface area (Å²) in [5, 5.41) is 0. The minimum atomic E-state index is -0.823. The highest BCUT2D eigenvalue weighted by Crippen LogP contribution is 2.74. The molecule has 3 rings (SSSR count).